The molecule has 2 aliphatic heterocycles. The van der Waals surface area contributed by atoms with Gasteiger partial charge in [-0.1, -0.05) is 6.07 Å². The van der Waals surface area contributed by atoms with E-state index < -0.39 is 0 Å². The minimum absolute atomic E-state index is 0.0610. The highest BCUT2D eigenvalue weighted by molar-refractivity contribution is 5.92. The lowest BCUT2D eigenvalue weighted by atomic mass is 10.0. The molecule has 0 spiro atoms. The van der Waals surface area contributed by atoms with E-state index in [4.69, 9.17) is 4.74 Å². The molecule has 2 heterocycles. The second-order valence-electron chi connectivity index (χ2n) is 5.25. The molecule has 0 radical (unpaired) electrons. The number of ether oxygens (including phenoxy) is 1. The van der Waals surface area contributed by atoms with Crippen LogP contribution in [0.1, 0.15) is 31.2 Å². The first-order chi connectivity index (χ1) is 9.33. The largest absolute Gasteiger partial charge is 0.385 e. The third-order valence-electron chi connectivity index (χ3n) is 3.81. The second-order valence-corrected chi connectivity index (χ2v) is 5.25. The Labute approximate surface area is 113 Å². The van der Waals surface area contributed by atoms with E-state index in [-0.39, 0.29) is 12.0 Å². The molecule has 4 heteroatoms. The summed E-state index contributed by atoms with van der Waals surface area (Å²) in [6, 6.07) is 6.04. The fraction of sp³-hybridized carbons (Fsp3) is 0.533. The highest BCUT2D eigenvalue weighted by Crippen LogP contribution is 2.29. The Morgan fingerprint density at radius 3 is 3.21 bits per heavy atom. The van der Waals surface area contributed by atoms with Crippen molar-refractivity contribution in [2.24, 2.45) is 0 Å². The summed E-state index contributed by atoms with van der Waals surface area (Å²) in [4.78, 5) is 12.0. The number of anilines is 2. The van der Waals surface area contributed by atoms with Crippen molar-refractivity contribution in [1.29, 1.82) is 0 Å². The lowest BCUT2D eigenvalue weighted by molar-refractivity contribution is -0.118. The molecule has 0 saturated carbocycles. The molecule has 102 valence electrons. The molecule has 0 aliphatic carbocycles. The number of rotatable bonds is 3. The van der Waals surface area contributed by atoms with Gasteiger partial charge in [-0.25, -0.2) is 0 Å². The van der Waals surface area contributed by atoms with Gasteiger partial charge in [0, 0.05) is 24.5 Å². The van der Waals surface area contributed by atoms with Gasteiger partial charge in [-0.2, -0.15) is 0 Å². The van der Waals surface area contributed by atoms with Crippen molar-refractivity contribution >= 4 is 17.3 Å². The average molecular weight is 260 g/mol. The van der Waals surface area contributed by atoms with E-state index in [0.29, 0.717) is 6.42 Å². The Kier molecular flexibility index (Phi) is 3.69. The minimum Gasteiger partial charge on any atom is -0.385 e. The van der Waals surface area contributed by atoms with Crippen LogP contribution in [0.5, 0.6) is 0 Å². The van der Waals surface area contributed by atoms with Crippen molar-refractivity contribution in [3.8, 4) is 0 Å². The van der Waals surface area contributed by atoms with Gasteiger partial charge in [0.2, 0.25) is 5.91 Å². The number of hydrogen-bond donors (Lipinski definition) is 2. The Morgan fingerprint density at radius 1 is 1.42 bits per heavy atom. The minimum atomic E-state index is 0.0610. The van der Waals surface area contributed by atoms with Crippen LogP contribution >= 0.6 is 0 Å². The summed E-state index contributed by atoms with van der Waals surface area (Å²) in [5.74, 6) is 0.0610. The molecule has 1 aromatic carbocycles. The SMILES string of the molecule is O=C(CC1CCCO1)Nc1cccc2c1CCCN2. The van der Waals surface area contributed by atoms with Gasteiger partial charge in [-0.3, -0.25) is 4.79 Å². The standard InChI is InChI=1S/C15H20N2O2/c18-15(10-11-4-3-9-19-11)17-14-7-1-6-13-12(14)5-2-8-16-13/h1,6-7,11,16H,2-5,8-10H2,(H,17,18). The van der Waals surface area contributed by atoms with Gasteiger partial charge < -0.3 is 15.4 Å². The summed E-state index contributed by atoms with van der Waals surface area (Å²) < 4.78 is 5.50. The Balaban J connectivity index is 1.67. The molecule has 19 heavy (non-hydrogen) atoms. The molecular weight excluding hydrogens is 240 g/mol. The smallest absolute Gasteiger partial charge is 0.226 e. The number of hydrogen-bond acceptors (Lipinski definition) is 3. The quantitative estimate of drug-likeness (QED) is 0.878. The first-order valence-electron chi connectivity index (χ1n) is 7.10. The van der Waals surface area contributed by atoms with Gasteiger partial charge in [0.05, 0.1) is 12.5 Å². The normalized spacial score (nSPS) is 21.6. The predicted octanol–water partition coefficient (Wildman–Crippen LogP) is 2.55. The zero-order valence-corrected chi connectivity index (χ0v) is 11.1. The summed E-state index contributed by atoms with van der Waals surface area (Å²) in [5.41, 5.74) is 3.34. The van der Waals surface area contributed by atoms with E-state index in [0.717, 1.165) is 50.2 Å². The van der Waals surface area contributed by atoms with Crippen molar-refractivity contribution in [2.45, 2.75) is 38.2 Å². The molecule has 1 aromatic rings. The van der Waals surface area contributed by atoms with Gasteiger partial charge >= 0.3 is 0 Å². The molecule has 1 fully saturated rings. The summed E-state index contributed by atoms with van der Waals surface area (Å²) in [6.45, 7) is 1.81. The average Bonchev–Trinajstić information content (AvgIpc) is 2.92. The zero-order valence-electron chi connectivity index (χ0n) is 11.1. The van der Waals surface area contributed by atoms with Crippen molar-refractivity contribution < 1.29 is 9.53 Å². The first kappa shape index (κ1) is 12.5. The van der Waals surface area contributed by atoms with Crippen LogP contribution in [0.15, 0.2) is 18.2 Å². The van der Waals surface area contributed by atoms with Crippen LogP contribution in [-0.4, -0.2) is 25.2 Å². The van der Waals surface area contributed by atoms with Crippen molar-refractivity contribution in [3.63, 3.8) is 0 Å². The fourth-order valence-electron chi connectivity index (χ4n) is 2.84. The molecule has 0 bridgehead atoms. The molecule has 1 amide bonds. The lowest BCUT2D eigenvalue weighted by Gasteiger charge is -2.21. The van der Waals surface area contributed by atoms with Crippen LogP contribution in [0.25, 0.3) is 0 Å². The van der Waals surface area contributed by atoms with Crippen LogP contribution in [0.2, 0.25) is 0 Å². The molecule has 2 N–H and O–H groups in total. The molecule has 1 atom stereocenters. The van der Waals surface area contributed by atoms with E-state index in [1.165, 1.54) is 5.56 Å². The maximum atomic E-state index is 12.0. The Hall–Kier alpha value is -1.55. The number of carbonyl (C=O) groups excluding carboxylic acids is 1. The van der Waals surface area contributed by atoms with Crippen molar-refractivity contribution in [1.82, 2.24) is 0 Å². The van der Waals surface area contributed by atoms with Gasteiger partial charge in [0.1, 0.15) is 0 Å². The summed E-state index contributed by atoms with van der Waals surface area (Å²) >= 11 is 0. The number of carbonyl (C=O) groups is 1. The first-order valence-corrected chi connectivity index (χ1v) is 7.10. The fourth-order valence-corrected chi connectivity index (χ4v) is 2.84. The third-order valence-corrected chi connectivity index (χ3v) is 3.81. The zero-order chi connectivity index (χ0) is 13.1. The van der Waals surface area contributed by atoms with Gasteiger partial charge in [-0.15, -0.1) is 0 Å². The van der Waals surface area contributed by atoms with E-state index >= 15 is 0 Å². The topological polar surface area (TPSA) is 50.4 Å². The van der Waals surface area contributed by atoms with Crippen LogP contribution in [0.4, 0.5) is 11.4 Å². The van der Waals surface area contributed by atoms with Gasteiger partial charge in [0.25, 0.3) is 0 Å². The van der Waals surface area contributed by atoms with E-state index in [1.807, 2.05) is 12.1 Å². The highest BCUT2D eigenvalue weighted by Gasteiger charge is 2.20. The number of benzene rings is 1. The molecule has 1 saturated heterocycles. The molecular formula is C15H20N2O2. The number of nitrogens with one attached hydrogen (secondary N) is 2. The number of amides is 1. The summed E-state index contributed by atoms with van der Waals surface area (Å²) in [5, 5.41) is 6.41. The summed E-state index contributed by atoms with van der Waals surface area (Å²) in [7, 11) is 0. The van der Waals surface area contributed by atoms with Crippen molar-refractivity contribution in [3.05, 3.63) is 23.8 Å². The van der Waals surface area contributed by atoms with Crippen LogP contribution < -0.4 is 10.6 Å². The van der Waals surface area contributed by atoms with Crippen LogP contribution in [-0.2, 0) is 16.0 Å². The van der Waals surface area contributed by atoms with E-state index in [9.17, 15) is 4.79 Å². The van der Waals surface area contributed by atoms with Crippen LogP contribution in [0, 0.1) is 0 Å². The van der Waals surface area contributed by atoms with Crippen molar-refractivity contribution in [2.75, 3.05) is 23.8 Å². The second kappa shape index (κ2) is 5.61. The third kappa shape index (κ3) is 2.89. The molecule has 2 aliphatic rings. The maximum absolute atomic E-state index is 12.0. The van der Waals surface area contributed by atoms with Gasteiger partial charge in [-0.05, 0) is 43.4 Å². The Bertz CT molecular complexity index is 467. The molecule has 4 nitrogen and oxygen atoms in total. The number of fused-ring (bicyclic) bond motifs is 1. The molecule has 3 rings (SSSR count). The van der Waals surface area contributed by atoms with Gasteiger partial charge in [0.15, 0.2) is 0 Å². The van der Waals surface area contributed by atoms with E-state index in [1.54, 1.807) is 0 Å². The lowest BCUT2D eigenvalue weighted by Crippen LogP contribution is -2.21. The molecule has 1 unspecified atom stereocenters. The van der Waals surface area contributed by atoms with E-state index in [2.05, 4.69) is 16.7 Å². The van der Waals surface area contributed by atoms with Crippen LogP contribution in [0.3, 0.4) is 0 Å². The summed E-state index contributed by atoms with van der Waals surface area (Å²) in [6.07, 6.45) is 4.80. The highest BCUT2D eigenvalue weighted by atomic mass is 16.5. The maximum Gasteiger partial charge on any atom is 0.226 e. The predicted molar refractivity (Wildman–Crippen MR) is 75.5 cm³/mol. The molecule has 0 aromatic heterocycles. The Morgan fingerprint density at radius 2 is 2.37 bits per heavy atom. The monoisotopic (exact) mass is 260 g/mol.